The number of hydrogen-bond acceptors (Lipinski definition) is 4. The molecule has 8 nitrogen and oxygen atoms in total. The number of urea groups is 2. The van der Waals surface area contributed by atoms with Crippen molar-refractivity contribution in [3.8, 4) is 0 Å². The molecule has 3 N–H and O–H groups in total. The number of carbonyl (C=O) groups excluding carboxylic acids is 4. The van der Waals surface area contributed by atoms with Crippen molar-refractivity contribution in [2.75, 3.05) is 11.9 Å². The number of hydrogen-bond donors (Lipinski definition) is 3. The topological polar surface area (TPSA) is 108 Å². The maximum atomic E-state index is 12.9. The standard InChI is InChI=1S/C20H26N4O4/c1-12-7-6-9-15(14(12)3)21-18(27)22-16(25)11-24-17(26)20(23-19(24)28)10-5-4-8-13(20)2/h6-7,9,13H,4-5,8,10-11H2,1-3H3,(H,23,28)(H2,21,22,25,27)/t13-,20+/m1/s1. The first-order valence-electron chi connectivity index (χ1n) is 9.56. The van der Waals surface area contributed by atoms with E-state index in [9.17, 15) is 19.2 Å². The third kappa shape index (κ3) is 3.58. The van der Waals surface area contributed by atoms with Gasteiger partial charge in [-0.05, 0) is 49.8 Å². The van der Waals surface area contributed by atoms with E-state index in [-0.39, 0.29) is 11.8 Å². The molecule has 0 bridgehead atoms. The molecule has 2 fully saturated rings. The van der Waals surface area contributed by atoms with Crippen LogP contribution in [0.15, 0.2) is 18.2 Å². The van der Waals surface area contributed by atoms with Gasteiger partial charge in [0.15, 0.2) is 0 Å². The number of aryl methyl sites for hydroxylation is 1. The minimum absolute atomic E-state index is 0.0124. The van der Waals surface area contributed by atoms with E-state index >= 15 is 0 Å². The van der Waals surface area contributed by atoms with E-state index < -0.39 is 30.1 Å². The van der Waals surface area contributed by atoms with E-state index in [1.807, 2.05) is 26.8 Å². The van der Waals surface area contributed by atoms with Crippen LogP contribution in [-0.4, -0.2) is 40.9 Å². The second kappa shape index (κ2) is 7.61. The van der Waals surface area contributed by atoms with Gasteiger partial charge in [-0.15, -0.1) is 0 Å². The first-order valence-corrected chi connectivity index (χ1v) is 9.56. The Hall–Kier alpha value is -2.90. The zero-order valence-corrected chi connectivity index (χ0v) is 16.4. The van der Waals surface area contributed by atoms with Gasteiger partial charge in [-0.3, -0.25) is 19.8 Å². The SMILES string of the molecule is Cc1cccc(NC(=O)NC(=O)CN2C(=O)N[C@]3(CCCC[C@H]3C)C2=O)c1C. The highest BCUT2D eigenvalue weighted by molar-refractivity contribution is 6.11. The molecule has 0 radical (unpaired) electrons. The molecule has 2 atom stereocenters. The number of carbonyl (C=O) groups is 4. The van der Waals surface area contributed by atoms with Crippen LogP contribution in [0.5, 0.6) is 0 Å². The third-order valence-electron chi connectivity index (χ3n) is 5.91. The van der Waals surface area contributed by atoms with Crippen LogP contribution in [0.25, 0.3) is 0 Å². The smallest absolute Gasteiger partial charge is 0.323 e. The van der Waals surface area contributed by atoms with Gasteiger partial charge in [-0.1, -0.05) is 31.9 Å². The summed E-state index contributed by atoms with van der Waals surface area (Å²) >= 11 is 0. The Bertz CT molecular complexity index is 837. The molecular formula is C20H26N4O4. The lowest BCUT2D eigenvalue weighted by molar-refractivity contribution is -0.137. The molecule has 1 saturated heterocycles. The minimum atomic E-state index is -0.920. The summed E-state index contributed by atoms with van der Waals surface area (Å²) in [7, 11) is 0. The van der Waals surface area contributed by atoms with Crippen molar-refractivity contribution in [2.24, 2.45) is 5.92 Å². The Labute approximate surface area is 164 Å². The van der Waals surface area contributed by atoms with Crippen LogP contribution in [0.2, 0.25) is 0 Å². The van der Waals surface area contributed by atoms with Crippen LogP contribution >= 0.6 is 0 Å². The number of amides is 6. The molecule has 1 spiro atoms. The van der Waals surface area contributed by atoms with E-state index in [4.69, 9.17) is 0 Å². The number of imide groups is 2. The molecule has 150 valence electrons. The monoisotopic (exact) mass is 386 g/mol. The lowest BCUT2D eigenvalue weighted by atomic mass is 9.73. The van der Waals surface area contributed by atoms with E-state index in [0.29, 0.717) is 12.1 Å². The fourth-order valence-corrected chi connectivity index (χ4v) is 3.99. The lowest BCUT2D eigenvalue weighted by Gasteiger charge is -2.36. The normalized spacial score (nSPS) is 24.2. The number of nitrogens with one attached hydrogen (secondary N) is 3. The van der Waals surface area contributed by atoms with Gasteiger partial charge in [0.1, 0.15) is 12.1 Å². The highest BCUT2D eigenvalue weighted by Crippen LogP contribution is 2.38. The molecule has 1 aliphatic heterocycles. The average Bonchev–Trinajstić information content (AvgIpc) is 2.86. The second-order valence-electron chi connectivity index (χ2n) is 7.69. The molecule has 1 aromatic carbocycles. The van der Waals surface area contributed by atoms with Crippen molar-refractivity contribution in [2.45, 2.75) is 52.0 Å². The summed E-state index contributed by atoms with van der Waals surface area (Å²) in [5.74, 6) is -1.08. The molecule has 8 heteroatoms. The second-order valence-corrected chi connectivity index (χ2v) is 7.69. The van der Waals surface area contributed by atoms with Crippen LogP contribution in [-0.2, 0) is 9.59 Å². The van der Waals surface area contributed by atoms with Gasteiger partial charge in [0.2, 0.25) is 5.91 Å². The number of benzene rings is 1. The van der Waals surface area contributed by atoms with Crippen molar-refractivity contribution >= 4 is 29.6 Å². The van der Waals surface area contributed by atoms with Crippen molar-refractivity contribution < 1.29 is 19.2 Å². The zero-order valence-electron chi connectivity index (χ0n) is 16.4. The van der Waals surface area contributed by atoms with Crippen molar-refractivity contribution in [1.29, 1.82) is 0 Å². The molecule has 0 unspecified atom stereocenters. The first kappa shape index (κ1) is 19.9. The summed E-state index contributed by atoms with van der Waals surface area (Å²) in [6.07, 6.45) is 3.30. The molecule has 6 amide bonds. The summed E-state index contributed by atoms with van der Waals surface area (Å²) < 4.78 is 0. The van der Waals surface area contributed by atoms with E-state index in [1.54, 1.807) is 12.1 Å². The van der Waals surface area contributed by atoms with Gasteiger partial charge >= 0.3 is 12.1 Å². The fraction of sp³-hybridized carbons (Fsp3) is 0.500. The third-order valence-corrected chi connectivity index (χ3v) is 5.91. The number of nitrogens with zero attached hydrogens (tertiary/aromatic N) is 1. The Morgan fingerprint density at radius 1 is 1.25 bits per heavy atom. The largest absolute Gasteiger partial charge is 0.325 e. The van der Waals surface area contributed by atoms with Gasteiger partial charge in [-0.25, -0.2) is 9.59 Å². The van der Waals surface area contributed by atoms with Gasteiger partial charge in [-0.2, -0.15) is 0 Å². The molecular weight excluding hydrogens is 360 g/mol. The van der Waals surface area contributed by atoms with Crippen molar-refractivity contribution in [3.05, 3.63) is 29.3 Å². The van der Waals surface area contributed by atoms with E-state index in [2.05, 4.69) is 16.0 Å². The Morgan fingerprint density at radius 2 is 2.00 bits per heavy atom. The Kier molecular flexibility index (Phi) is 5.40. The summed E-state index contributed by atoms with van der Waals surface area (Å²) in [6, 6.07) is 4.18. The van der Waals surface area contributed by atoms with Crippen LogP contribution in [0, 0.1) is 19.8 Å². The van der Waals surface area contributed by atoms with Crippen LogP contribution in [0.1, 0.15) is 43.7 Å². The predicted molar refractivity (Wildman–Crippen MR) is 104 cm³/mol. The lowest BCUT2D eigenvalue weighted by Crippen LogP contribution is -2.54. The quantitative estimate of drug-likeness (QED) is 0.694. The zero-order chi connectivity index (χ0) is 20.5. The Morgan fingerprint density at radius 3 is 2.71 bits per heavy atom. The molecule has 1 heterocycles. The molecule has 3 rings (SSSR count). The summed E-state index contributed by atoms with van der Waals surface area (Å²) in [5, 5.41) is 7.59. The van der Waals surface area contributed by atoms with Crippen LogP contribution < -0.4 is 16.0 Å². The number of anilines is 1. The summed E-state index contributed by atoms with van der Waals surface area (Å²) in [5.41, 5.74) is 1.58. The maximum Gasteiger partial charge on any atom is 0.325 e. The highest BCUT2D eigenvalue weighted by atomic mass is 16.2. The first-order chi connectivity index (χ1) is 13.2. The van der Waals surface area contributed by atoms with E-state index in [0.717, 1.165) is 35.3 Å². The molecule has 0 aromatic heterocycles. The van der Waals surface area contributed by atoms with Crippen LogP contribution in [0.3, 0.4) is 0 Å². The van der Waals surface area contributed by atoms with E-state index in [1.165, 1.54) is 0 Å². The van der Waals surface area contributed by atoms with Gasteiger partial charge in [0.25, 0.3) is 5.91 Å². The van der Waals surface area contributed by atoms with Crippen molar-refractivity contribution in [1.82, 2.24) is 15.5 Å². The maximum absolute atomic E-state index is 12.9. The fourth-order valence-electron chi connectivity index (χ4n) is 3.99. The predicted octanol–water partition coefficient (Wildman–Crippen LogP) is 2.45. The molecule has 1 aliphatic carbocycles. The summed E-state index contributed by atoms with van der Waals surface area (Å²) in [4.78, 5) is 50.4. The Balaban J connectivity index is 1.61. The minimum Gasteiger partial charge on any atom is -0.323 e. The van der Waals surface area contributed by atoms with Crippen molar-refractivity contribution in [3.63, 3.8) is 0 Å². The van der Waals surface area contributed by atoms with Gasteiger partial charge < -0.3 is 10.6 Å². The number of rotatable bonds is 3. The molecule has 1 aromatic rings. The molecule has 2 aliphatic rings. The van der Waals surface area contributed by atoms with Crippen LogP contribution in [0.4, 0.5) is 15.3 Å². The van der Waals surface area contributed by atoms with Gasteiger partial charge in [0.05, 0.1) is 0 Å². The summed E-state index contributed by atoms with van der Waals surface area (Å²) in [6.45, 7) is 5.24. The molecule has 28 heavy (non-hydrogen) atoms. The highest BCUT2D eigenvalue weighted by Gasteiger charge is 2.55. The average molecular weight is 386 g/mol. The molecule has 1 saturated carbocycles. The van der Waals surface area contributed by atoms with Gasteiger partial charge in [0, 0.05) is 5.69 Å².